The summed E-state index contributed by atoms with van der Waals surface area (Å²) >= 11 is 11.7. The van der Waals surface area contributed by atoms with Crippen molar-refractivity contribution in [1.82, 2.24) is 0 Å². The molecule has 0 atom stereocenters. The van der Waals surface area contributed by atoms with E-state index < -0.39 is 5.97 Å². The largest absolute Gasteiger partial charge is 0.457 e. The number of nitrogen functional groups attached to an aromatic ring is 2. The Labute approximate surface area is 126 Å². The SMILES string of the molecule is Nc1cc(N)cc(C(=O)OCc2ccc(Cl)c(Cl)c2)c1. The van der Waals surface area contributed by atoms with Gasteiger partial charge in [-0.25, -0.2) is 4.79 Å². The number of benzene rings is 2. The van der Waals surface area contributed by atoms with E-state index in [1.807, 2.05) is 0 Å². The second-order valence-electron chi connectivity index (χ2n) is 4.21. The van der Waals surface area contributed by atoms with E-state index in [-0.39, 0.29) is 6.61 Å². The zero-order valence-electron chi connectivity index (χ0n) is 10.4. The topological polar surface area (TPSA) is 78.3 Å². The van der Waals surface area contributed by atoms with E-state index in [0.717, 1.165) is 5.56 Å². The van der Waals surface area contributed by atoms with Crippen LogP contribution in [-0.2, 0) is 11.3 Å². The van der Waals surface area contributed by atoms with Crippen molar-refractivity contribution in [1.29, 1.82) is 0 Å². The van der Waals surface area contributed by atoms with E-state index in [9.17, 15) is 4.79 Å². The van der Waals surface area contributed by atoms with Gasteiger partial charge in [0.25, 0.3) is 0 Å². The van der Waals surface area contributed by atoms with Crippen molar-refractivity contribution in [2.75, 3.05) is 11.5 Å². The lowest BCUT2D eigenvalue weighted by atomic mass is 10.2. The first-order chi connectivity index (χ1) is 9.45. The number of carbonyl (C=O) groups excluding carboxylic acids is 1. The standard InChI is InChI=1S/C14H12Cl2N2O2/c15-12-2-1-8(3-13(12)16)7-20-14(19)9-4-10(17)6-11(18)5-9/h1-6H,7,17-18H2. The van der Waals surface area contributed by atoms with E-state index in [1.165, 1.54) is 12.1 Å². The van der Waals surface area contributed by atoms with Crippen molar-refractivity contribution in [3.05, 3.63) is 57.6 Å². The molecule has 0 bridgehead atoms. The van der Waals surface area contributed by atoms with Gasteiger partial charge in [-0.05, 0) is 35.9 Å². The molecule has 0 fully saturated rings. The highest BCUT2D eigenvalue weighted by atomic mass is 35.5. The molecule has 0 saturated carbocycles. The monoisotopic (exact) mass is 310 g/mol. The molecule has 104 valence electrons. The molecule has 0 aliphatic rings. The number of rotatable bonds is 3. The van der Waals surface area contributed by atoms with Crippen molar-refractivity contribution in [3.63, 3.8) is 0 Å². The van der Waals surface area contributed by atoms with Crippen LogP contribution in [0.4, 0.5) is 11.4 Å². The number of anilines is 2. The number of halogens is 2. The molecule has 0 aromatic heterocycles. The molecule has 2 aromatic carbocycles. The first kappa shape index (κ1) is 14.5. The first-order valence-corrected chi connectivity index (χ1v) is 6.48. The Morgan fingerprint density at radius 3 is 2.25 bits per heavy atom. The van der Waals surface area contributed by atoms with E-state index in [1.54, 1.807) is 24.3 Å². The maximum absolute atomic E-state index is 11.9. The lowest BCUT2D eigenvalue weighted by Gasteiger charge is -2.07. The zero-order chi connectivity index (χ0) is 14.7. The number of hydrogen-bond donors (Lipinski definition) is 2. The summed E-state index contributed by atoms with van der Waals surface area (Å²) in [6, 6.07) is 9.60. The highest BCUT2D eigenvalue weighted by Crippen LogP contribution is 2.23. The number of ether oxygens (including phenoxy) is 1. The number of hydrogen-bond acceptors (Lipinski definition) is 4. The summed E-state index contributed by atoms with van der Waals surface area (Å²) in [5.41, 5.74) is 13.1. The third-order valence-electron chi connectivity index (χ3n) is 2.57. The lowest BCUT2D eigenvalue weighted by molar-refractivity contribution is 0.0473. The van der Waals surface area contributed by atoms with Crippen LogP contribution in [0, 0.1) is 0 Å². The van der Waals surface area contributed by atoms with E-state index in [4.69, 9.17) is 39.4 Å². The summed E-state index contributed by atoms with van der Waals surface area (Å²) in [5, 5.41) is 0.860. The first-order valence-electron chi connectivity index (χ1n) is 5.73. The fourth-order valence-corrected chi connectivity index (χ4v) is 1.98. The maximum Gasteiger partial charge on any atom is 0.338 e. The Morgan fingerprint density at radius 2 is 1.65 bits per heavy atom. The highest BCUT2D eigenvalue weighted by Gasteiger charge is 2.09. The number of carbonyl (C=O) groups is 1. The predicted molar refractivity (Wildman–Crippen MR) is 80.8 cm³/mol. The Morgan fingerprint density at radius 1 is 1.00 bits per heavy atom. The Bertz CT molecular complexity index is 639. The highest BCUT2D eigenvalue weighted by molar-refractivity contribution is 6.42. The Hall–Kier alpha value is -1.91. The van der Waals surface area contributed by atoms with Gasteiger partial charge in [-0.1, -0.05) is 29.3 Å². The van der Waals surface area contributed by atoms with Crippen LogP contribution in [0.15, 0.2) is 36.4 Å². The predicted octanol–water partition coefficient (Wildman–Crippen LogP) is 3.51. The summed E-state index contributed by atoms with van der Waals surface area (Å²) < 4.78 is 5.17. The molecule has 0 amide bonds. The summed E-state index contributed by atoms with van der Waals surface area (Å²) in [6.07, 6.45) is 0. The lowest BCUT2D eigenvalue weighted by Crippen LogP contribution is -2.06. The van der Waals surface area contributed by atoms with Gasteiger partial charge >= 0.3 is 5.97 Å². The second kappa shape index (κ2) is 6.03. The molecule has 2 aromatic rings. The van der Waals surface area contributed by atoms with Crippen molar-refractivity contribution in [2.24, 2.45) is 0 Å². The van der Waals surface area contributed by atoms with Crippen molar-refractivity contribution in [2.45, 2.75) is 6.61 Å². The smallest absolute Gasteiger partial charge is 0.338 e. The molecule has 0 saturated heterocycles. The minimum absolute atomic E-state index is 0.0877. The van der Waals surface area contributed by atoms with Gasteiger partial charge < -0.3 is 16.2 Å². The van der Waals surface area contributed by atoms with Gasteiger partial charge in [0.1, 0.15) is 6.61 Å². The number of nitrogens with two attached hydrogens (primary N) is 2. The average molecular weight is 311 g/mol. The summed E-state index contributed by atoms with van der Waals surface area (Å²) in [6.45, 7) is 0.0877. The minimum atomic E-state index is -0.505. The van der Waals surface area contributed by atoms with Gasteiger partial charge in [0.05, 0.1) is 15.6 Å². The van der Waals surface area contributed by atoms with Gasteiger partial charge in [-0.2, -0.15) is 0 Å². The van der Waals surface area contributed by atoms with Crippen LogP contribution in [-0.4, -0.2) is 5.97 Å². The van der Waals surface area contributed by atoms with Gasteiger partial charge in [-0.15, -0.1) is 0 Å². The molecule has 6 heteroatoms. The maximum atomic E-state index is 11.9. The molecule has 20 heavy (non-hydrogen) atoms. The fraction of sp³-hybridized carbons (Fsp3) is 0.0714. The third-order valence-corrected chi connectivity index (χ3v) is 3.31. The van der Waals surface area contributed by atoms with Crippen LogP contribution in [0.3, 0.4) is 0 Å². The molecule has 0 unspecified atom stereocenters. The molecule has 0 spiro atoms. The van der Waals surface area contributed by atoms with Gasteiger partial charge in [0, 0.05) is 11.4 Å². The van der Waals surface area contributed by atoms with Crippen LogP contribution in [0.1, 0.15) is 15.9 Å². The average Bonchev–Trinajstić information content (AvgIpc) is 2.38. The summed E-state index contributed by atoms with van der Waals surface area (Å²) in [4.78, 5) is 11.9. The quantitative estimate of drug-likeness (QED) is 0.671. The second-order valence-corrected chi connectivity index (χ2v) is 5.03. The molecular weight excluding hydrogens is 299 g/mol. The van der Waals surface area contributed by atoms with Crippen molar-refractivity contribution in [3.8, 4) is 0 Å². The van der Waals surface area contributed by atoms with Crippen LogP contribution in [0.25, 0.3) is 0 Å². The van der Waals surface area contributed by atoms with E-state index >= 15 is 0 Å². The molecule has 0 aliphatic carbocycles. The van der Waals surface area contributed by atoms with E-state index in [0.29, 0.717) is 27.0 Å². The van der Waals surface area contributed by atoms with E-state index in [2.05, 4.69) is 0 Å². The third kappa shape index (κ3) is 3.56. The summed E-state index contributed by atoms with van der Waals surface area (Å²) in [7, 11) is 0. The van der Waals surface area contributed by atoms with Crippen molar-refractivity contribution < 1.29 is 9.53 Å². The number of esters is 1. The molecule has 0 radical (unpaired) electrons. The molecule has 0 heterocycles. The van der Waals surface area contributed by atoms with Gasteiger partial charge in [0.2, 0.25) is 0 Å². The Kier molecular flexibility index (Phi) is 4.37. The molecule has 4 N–H and O–H groups in total. The van der Waals surface area contributed by atoms with Gasteiger partial charge in [-0.3, -0.25) is 0 Å². The minimum Gasteiger partial charge on any atom is -0.457 e. The van der Waals surface area contributed by atoms with Crippen LogP contribution in [0.2, 0.25) is 10.0 Å². The molecule has 0 aliphatic heterocycles. The fourth-order valence-electron chi connectivity index (χ4n) is 1.66. The van der Waals surface area contributed by atoms with Gasteiger partial charge in [0.15, 0.2) is 0 Å². The van der Waals surface area contributed by atoms with Crippen molar-refractivity contribution >= 4 is 40.5 Å². The van der Waals surface area contributed by atoms with Crippen LogP contribution < -0.4 is 11.5 Å². The summed E-state index contributed by atoms with van der Waals surface area (Å²) in [5.74, 6) is -0.505. The molecular formula is C14H12Cl2N2O2. The zero-order valence-corrected chi connectivity index (χ0v) is 11.9. The molecule has 4 nitrogen and oxygen atoms in total. The normalized spacial score (nSPS) is 10.3. The van der Waals surface area contributed by atoms with Crippen LogP contribution >= 0.6 is 23.2 Å². The van der Waals surface area contributed by atoms with Crippen LogP contribution in [0.5, 0.6) is 0 Å². The molecule has 2 rings (SSSR count). The Balaban J connectivity index is 2.06.